The fourth-order valence-electron chi connectivity index (χ4n) is 3.72. The molecule has 0 spiro atoms. The second-order valence-electron chi connectivity index (χ2n) is 7.07. The minimum atomic E-state index is -0.311. The molecule has 0 radical (unpaired) electrons. The van der Waals surface area contributed by atoms with Crippen LogP contribution in [0.15, 0.2) is 40.2 Å². The summed E-state index contributed by atoms with van der Waals surface area (Å²) < 4.78 is 4.28. The molecule has 0 bridgehead atoms. The second-order valence-corrected chi connectivity index (χ2v) is 7.48. The molecule has 2 aromatic heterocycles. The molecule has 0 N–H and O–H groups in total. The Labute approximate surface area is 155 Å². The molecule has 0 amide bonds. The predicted octanol–water partition coefficient (Wildman–Crippen LogP) is 3.19. The van der Waals surface area contributed by atoms with Crippen LogP contribution in [0, 0.1) is 12.8 Å². The highest BCUT2D eigenvalue weighted by atomic mass is 35.5. The molecule has 0 unspecified atom stereocenters. The third-order valence-electron chi connectivity index (χ3n) is 5.22. The maximum Gasteiger partial charge on any atom is 0.350 e. The maximum atomic E-state index is 12.9. The van der Waals surface area contributed by atoms with Crippen molar-refractivity contribution in [3.63, 3.8) is 0 Å². The van der Waals surface area contributed by atoms with Gasteiger partial charge in [-0.25, -0.2) is 13.9 Å². The number of fused-ring (bicyclic) bond motifs is 1. The van der Waals surface area contributed by atoms with Gasteiger partial charge in [0.25, 0.3) is 0 Å². The Balaban J connectivity index is 1.76. The summed E-state index contributed by atoms with van der Waals surface area (Å²) in [5, 5.41) is 4.99. The summed E-state index contributed by atoms with van der Waals surface area (Å²) in [5.41, 5.74) is 1.18. The van der Waals surface area contributed by atoms with Gasteiger partial charge in [-0.1, -0.05) is 30.9 Å². The van der Waals surface area contributed by atoms with E-state index in [0.29, 0.717) is 23.2 Å². The number of aromatic nitrogens is 4. The summed E-state index contributed by atoms with van der Waals surface area (Å²) in [6.07, 6.45) is 9.12. The highest BCUT2D eigenvalue weighted by Gasteiger charge is 2.18. The van der Waals surface area contributed by atoms with Crippen molar-refractivity contribution in [1.29, 1.82) is 0 Å². The van der Waals surface area contributed by atoms with Crippen LogP contribution in [-0.4, -0.2) is 18.7 Å². The molecule has 1 saturated carbocycles. The van der Waals surface area contributed by atoms with Gasteiger partial charge in [0.2, 0.25) is 5.65 Å². The molecule has 2 heterocycles. The Hall–Kier alpha value is -2.34. The van der Waals surface area contributed by atoms with Crippen molar-refractivity contribution in [2.45, 2.75) is 45.6 Å². The van der Waals surface area contributed by atoms with Gasteiger partial charge in [0.15, 0.2) is 0 Å². The van der Waals surface area contributed by atoms with Crippen LogP contribution in [0.2, 0.25) is 5.02 Å². The summed E-state index contributed by atoms with van der Waals surface area (Å²) >= 11 is 6.07. The Morgan fingerprint density at radius 2 is 1.92 bits per heavy atom. The van der Waals surface area contributed by atoms with Crippen molar-refractivity contribution in [1.82, 2.24) is 18.7 Å². The van der Waals surface area contributed by atoms with Crippen LogP contribution in [0.25, 0.3) is 11.3 Å². The first kappa shape index (κ1) is 17.1. The van der Waals surface area contributed by atoms with E-state index in [9.17, 15) is 9.59 Å². The van der Waals surface area contributed by atoms with Gasteiger partial charge in [0.1, 0.15) is 0 Å². The van der Waals surface area contributed by atoms with Crippen LogP contribution in [0.5, 0.6) is 0 Å². The van der Waals surface area contributed by atoms with Gasteiger partial charge >= 0.3 is 11.2 Å². The number of benzene rings is 1. The average Bonchev–Trinajstić information content (AvgIpc) is 2.96. The lowest BCUT2D eigenvalue weighted by molar-refractivity contribution is 0.304. The molecule has 136 valence electrons. The third kappa shape index (κ3) is 2.98. The van der Waals surface area contributed by atoms with Crippen LogP contribution in [0.1, 0.15) is 37.7 Å². The monoisotopic (exact) mass is 372 g/mol. The first-order valence-electron chi connectivity index (χ1n) is 9.02. The Kier molecular flexibility index (Phi) is 4.44. The number of hydrogen-bond acceptors (Lipinski definition) is 3. The Morgan fingerprint density at radius 3 is 2.65 bits per heavy atom. The molecule has 1 aromatic carbocycles. The normalized spacial score (nSPS) is 15.6. The molecule has 1 aliphatic rings. The van der Waals surface area contributed by atoms with Crippen molar-refractivity contribution in [2.24, 2.45) is 5.92 Å². The summed E-state index contributed by atoms with van der Waals surface area (Å²) in [7, 11) is 0. The van der Waals surface area contributed by atoms with E-state index in [1.54, 1.807) is 24.5 Å². The Morgan fingerprint density at radius 1 is 1.15 bits per heavy atom. The molecule has 3 aromatic rings. The van der Waals surface area contributed by atoms with E-state index in [2.05, 4.69) is 5.10 Å². The summed E-state index contributed by atoms with van der Waals surface area (Å²) in [4.78, 5) is 25.5. The predicted molar refractivity (Wildman–Crippen MR) is 101 cm³/mol. The number of hydrogen-bond donors (Lipinski definition) is 0. The SMILES string of the molecule is Cc1cc(-n2ccn3c(=O)n(CC4CCCCC4)nc3c2=O)ccc1Cl. The zero-order valence-corrected chi connectivity index (χ0v) is 15.4. The van der Waals surface area contributed by atoms with Crippen molar-refractivity contribution in [2.75, 3.05) is 0 Å². The van der Waals surface area contributed by atoms with Crippen LogP contribution >= 0.6 is 11.6 Å². The smallest absolute Gasteiger partial charge is 0.280 e. The zero-order chi connectivity index (χ0) is 18.3. The zero-order valence-electron chi connectivity index (χ0n) is 14.7. The molecule has 4 rings (SSSR count). The Bertz CT molecular complexity index is 1070. The van der Waals surface area contributed by atoms with Crippen LogP contribution < -0.4 is 11.2 Å². The van der Waals surface area contributed by atoms with Crippen LogP contribution in [0.3, 0.4) is 0 Å². The first-order chi connectivity index (χ1) is 12.5. The van der Waals surface area contributed by atoms with Crippen molar-refractivity contribution >= 4 is 17.2 Å². The molecule has 7 heteroatoms. The number of nitrogens with zero attached hydrogens (tertiary/aromatic N) is 4. The van der Waals surface area contributed by atoms with E-state index >= 15 is 0 Å². The minimum absolute atomic E-state index is 0.154. The van der Waals surface area contributed by atoms with E-state index in [1.165, 1.54) is 32.9 Å². The van der Waals surface area contributed by atoms with Crippen LogP contribution in [0.4, 0.5) is 0 Å². The number of rotatable bonds is 3. The second kappa shape index (κ2) is 6.76. The minimum Gasteiger partial charge on any atom is -0.280 e. The molecule has 1 aliphatic carbocycles. The van der Waals surface area contributed by atoms with Gasteiger partial charge in [0.05, 0.1) is 0 Å². The third-order valence-corrected chi connectivity index (χ3v) is 5.65. The fraction of sp³-hybridized carbons (Fsp3) is 0.421. The van der Waals surface area contributed by atoms with E-state index in [4.69, 9.17) is 11.6 Å². The molecular formula is C19H21ClN4O2. The van der Waals surface area contributed by atoms with Gasteiger partial charge < -0.3 is 0 Å². The van der Waals surface area contributed by atoms with Crippen molar-refractivity contribution in [3.05, 3.63) is 62.0 Å². The average molecular weight is 373 g/mol. The van der Waals surface area contributed by atoms with Gasteiger partial charge in [0, 0.05) is 29.6 Å². The first-order valence-corrected chi connectivity index (χ1v) is 9.40. The lowest BCUT2D eigenvalue weighted by Crippen LogP contribution is -2.26. The molecule has 6 nitrogen and oxygen atoms in total. The highest BCUT2D eigenvalue weighted by molar-refractivity contribution is 6.31. The molecule has 26 heavy (non-hydrogen) atoms. The molecule has 0 atom stereocenters. The van der Waals surface area contributed by atoms with Gasteiger partial charge in [-0.3, -0.25) is 9.36 Å². The summed E-state index contributed by atoms with van der Waals surface area (Å²) in [6, 6.07) is 5.39. The molecule has 0 saturated heterocycles. The van der Waals surface area contributed by atoms with Gasteiger partial charge in [-0.05, 0) is 49.4 Å². The van der Waals surface area contributed by atoms with Crippen LogP contribution in [-0.2, 0) is 6.54 Å². The van der Waals surface area contributed by atoms with E-state index in [-0.39, 0.29) is 16.9 Å². The van der Waals surface area contributed by atoms with Crippen molar-refractivity contribution < 1.29 is 0 Å². The largest absolute Gasteiger partial charge is 0.350 e. The lowest BCUT2D eigenvalue weighted by Gasteiger charge is -2.20. The van der Waals surface area contributed by atoms with E-state index in [1.807, 2.05) is 13.0 Å². The molecular weight excluding hydrogens is 352 g/mol. The standard InChI is InChI=1S/C19H21ClN4O2/c1-13-11-15(7-8-16(13)20)22-9-10-23-17(18(22)25)21-24(19(23)26)12-14-5-3-2-4-6-14/h7-11,14H,2-6,12H2,1H3. The van der Waals surface area contributed by atoms with E-state index < -0.39 is 0 Å². The molecule has 1 fully saturated rings. The summed E-state index contributed by atoms with van der Waals surface area (Å²) in [5.74, 6) is 0.465. The fourth-order valence-corrected chi connectivity index (χ4v) is 3.84. The topological polar surface area (TPSA) is 61.3 Å². The van der Waals surface area contributed by atoms with E-state index in [0.717, 1.165) is 18.4 Å². The summed E-state index contributed by atoms with van der Waals surface area (Å²) in [6.45, 7) is 2.47. The highest BCUT2D eigenvalue weighted by Crippen LogP contribution is 2.24. The van der Waals surface area contributed by atoms with Gasteiger partial charge in [-0.15, -0.1) is 5.10 Å². The molecule has 0 aliphatic heterocycles. The number of halogens is 1. The lowest BCUT2D eigenvalue weighted by atomic mass is 9.89. The number of aryl methyl sites for hydroxylation is 1. The maximum absolute atomic E-state index is 12.9. The quantitative estimate of drug-likeness (QED) is 0.709. The van der Waals surface area contributed by atoms with Gasteiger partial charge in [-0.2, -0.15) is 0 Å². The van der Waals surface area contributed by atoms with Crippen molar-refractivity contribution in [3.8, 4) is 5.69 Å².